The SMILES string of the molecule is COc1ccccc1NC(=O)C1C(=O)OCC1=Nc1cccc(C(F)(F)F)c1. The Kier molecular flexibility index (Phi) is 5.34. The molecule has 0 aromatic heterocycles. The fourth-order valence-corrected chi connectivity index (χ4v) is 2.67. The van der Waals surface area contributed by atoms with Crippen molar-refractivity contribution in [2.45, 2.75) is 6.18 Å². The summed E-state index contributed by atoms with van der Waals surface area (Å²) in [7, 11) is 1.43. The molecule has 1 N–H and O–H groups in total. The Morgan fingerprint density at radius 1 is 1.21 bits per heavy atom. The lowest BCUT2D eigenvalue weighted by molar-refractivity contribution is -0.143. The summed E-state index contributed by atoms with van der Waals surface area (Å²) in [6.07, 6.45) is -4.53. The topological polar surface area (TPSA) is 77.0 Å². The first-order chi connectivity index (χ1) is 13.3. The zero-order chi connectivity index (χ0) is 20.3. The van der Waals surface area contributed by atoms with Crippen LogP contribution < -0.4 is 10.1 Å². The average Bonchev–Trinajstić information content (AvgIpc) is 3.02. The summed E-state index contributed by atoms with van der Waals surface area (Å²) in [5, 5.41) is 2.56. The van der Waals surface area contributed by atoms with Gasteiger partial charge < -0.3 is 14.8 Å². The Hall–Kier alpha value is -3.36. The number of carbonyl (C=O) groups is 2. The molecule has 1 aliphatic heterocycles. The number of carbonyl (C=O) groups excluding carboxylic acids is 2. The lowest BCUT2D eigenvalue weighted by Crippen LogP contribution is -2.31. The van der Waals surface area contributed by atoms with E-state index in [1.807, 2.05) is 0 Å². The van der Waals surface area contributed by atoms with Gasteiger partial charge >= 0.3 is 12.1 Å². The zero-order valence-electron chi connectivity index (χ0n) is 14.6. The quantitative estimate of drug-likeness (QED) is 0.637. The van der Waals surface area contributed by atoms with Crippen LogP contribution in [0.2, 0.25) is 0 Å². The van der Waals surface area contributed by atoms with Crippen LogP contribution in [0.3, 0.4) is 0 Å². The van der Waals surface area contributed by atoms with Gasteiger partial charge in [-0.15, -0.1) is 0 Å². The smallest absolute Gasteiger partial charge is 0.416 e. The van der Waals surface area contributed by atoms with E-state index in [2.05, 4.69) is 10.3 Å². The molecule has 0 spiro atoms. The van der Waals surface area contributed by atoms with Crippen molar-refractivity contribution in [3.05, 3.63) is 54.1 Å². The zero-order valence-corrected chi connectivity index (χ0v) is 14.6. The van der Waals surface area contributed by atoms with Crippen molar-refractivity contribution in [2.24, 2.45) is 10.9 Å². The molecule has 2 aromatic carbocycles. The number of halogens is 3. The summed E-state index contributed by atoms with van der Waals surface area (Å²) in [4.78, 5) is 28.7. The van der Waals surface area contributed by atoms with Gasteiger partial charge in [0.05, 0.1) is 29.8 Å². The number of hydrogen-bond acceptors (Lipinski definition) is 5. The van der Waals surface area contributed by atoms with Crippen molar-refractivity contribution in [3.8, 4) is 5.75 Å². The lowest BCUT2D eigenvalue weighted by Gasteiger charge is -2.12. The molecule has 0 aliphatic carbocycles. The number of nitrogens with one attached hydrogen (secondary N) is 1. The van der Waals surface area contributed by atoms with Crippen molar-refractivity contribution in [1.29, 1.82) is 0 Å². The van der Waals surface area contributed by atoms with Crippen molar-refractivity contribution in [3.63, 3.8) is 0 Å². The van der Waals surface area contributed by atoms with E-state index in [0.29, 0.717) is 11.4 Å². The van der Waals surface area contributed by atoms with Gasteiger partial charge in [0.25, 0.3) is 0 Å². The van der Waals surface area contributed by atoms with Crippen molar-refractivity contribution in [2.75, 3.05) is 19.0 Å². The molecule has 2 aromatic rings. The standard InChI is InChI=1S/C19H15F3N2O4/c1-27-15-8-3-2-7-13(15)24-17(25)16-14(10-28-18(16)26)23-12-6-4-5-11(9-12)19(20,21)22/h2-9,16H,10H2,1H3,(H,24,25). The minimum absolute atomic E-state index is 0.0247. The predicted octanol–water partition coefficient (Wildman–Crippen LogP) is 3.60. The first-order valence-electron chi connectivity index (χ1n) is 8.15. The second kappa shape index (κ2) is 7.71. The third-order valence-corrected chi connectivity index (χ3v) is 4.00. The molecule has 0 radical (unpaired) electrons. The molecular formula is C19H15F3N2O4. The summed E-state index contributed by atoms with van der Waals surface area (Å²) in [5.74, 6) is -2.51. The average molecular weight is 392 g/mol. The van der Waals surface area contributed by atoms with Crippen molar-refractivity contribution in [1.82, 2.24) is 0 Å². The molecule has 28 heavy (non-hydrogen) atoms. The molecule has 1 fully saturated rings. The second-order valence-electron chi connectivity index (χ2n) is 5.88. The molecule has 146 valence electrons. The van der Waals surface area contributed by atoms with E-state index in [1.165, 1.54) is 19.2 Å². The molecule has 0 saturated carbocycles. The monoisotopic (exact) mass is 392 g/mol. The van der Waals surface area contributed by atoms with Crippen LogP contribution in [-0.4, -0.2) is 31.3 Å². The van der Waals surface area contributed by atoms with E-state index in [4.69, 9.17) is 9.47 Å². The fraction of sp³-hybridized carbons (Fsp3) is 0.211. The van der Waals surface area contributed by atoms with E-state index in [1.54, 1.807) is 24.3 Å². The number of alkyl halides is 3. The van der Waals surface area contributed by atoms with E-state index in [0.717, 1.165) is 12.1 Å². The number of benzene rings is 2. The highest BCUT2D eigenvalue weighted by Crippen LogP contribution is 2.32. The third kappa shape index (κ3) is 4.13. The second-order valence-corrected chi connectivity index (χ2v) is 5.88. The Labute approximate surface area is 158 Å². The summed E-state index contributed by atoms with van der Waals surface area (Å²) < 4.78 is 48.6. The number of anilines is 1. The molecule has 6 nitrogen and oxygen atoms in total. The van der Waals surface area contributed by atoms with E-state index in [-0.39, 0.29) is 18.0 Å². The Morgan fingerprint density at radius 2 is 1.96 bits per heavy atom. The number of methoxy groups -OCH3 is 1. The molecule has 1 atom stereocenters. The number of para-hydroxylation sites is 2. The van der Waals surface area contributed by atoms with Crippen LogP contribution in [-0.2, 0) is 20.5 Å². The Balaban J connectivity index is 1.87. The van der Waals surface area contributed by atoms with Gasteiger partial charge in [0.15, 0.2) is 5.92 Å². The number of hydrogen-bond donors (Lipinski definition) is 1. The highest BCUT2D eigenvalue weighted by Gasteiger charge is 2.40. The lowest BCUT2D eigenvalue weighted by atomic mass is 10.0. The van der Waals surface area contributed by atoms with E-state index in [9.17, 15) is 22.8 Å². The maximum absolute atomic E-state index is 12.9. The van der Waals surface area contributed by atoms with E-state index >= 15 is 0 Å². The number of esters is 1. The van der Waals surface area contributed by atoms with Gasteiger partial charge in [0.2, 0.25) is 5.91 Å². The van der Waals surface area contributed by atoms with Gasteiger partial charge in [-0.2, -0.15) is 13.2 Å². The van der Waals surface area contributed by atoms with Gasteiger partial charge in [-0.25, -0.2) is 0 Å². The van der Waals surface area contributed by atoms with Gasteiger partial charge in [-0.05, 0) is 30.3 Å². The maximum atomic E-state index is 12.9. The van der Waals surface area contributed by atoms with Crippen LogP contribution in [0.15, 0.2) is 53.5 Å². The van der Waals surface area contributed by atoms with Crippen molar-refractivity contribution < 1.29 is 32.2 Å². The highest BCUT2D eigenvalue weighted by molar-refractivity contribution is 6.25. The molecule has 0 bridgehead atoms. The van der Waals surface area contributed by atoms with Crippen LogP contribution in [0.4, 0.5) is 24.5 Å². The number of rotatable bonds is 4. The number of aliphatic imine (C=N–C) groups is 1. The van der Waals surface area contributed by atoms with Gasteiger partial charge in [0, 0.05) is 0 Å². The Morgan fingerprint density at radius 3 is 2.68 bits per heavy atom. The molecule has 9 heteroatoms. The molecule has 1 heterocycles. The Bertz CT molecular complexity index is 941. The van der Waals surface area contributed by atoms with Crippen LogP contribution >= 0.6 is 0 Å². The number of cyclic esters (lactones) is 1. The summed E-state index contributed by atoms with van der Waals surface area (Å²) in [6.45, 7) is -0.279. The first kappa shape index (κ1) is 19.4. The van der Waals surface area contributed by atoms with Crippen molar-refractivity contribution >= 4 is 29.0 Å². The summed E-state index contributed by atoms with van der Waals surface area (Å²) in [5.41, 5.74) is -0.544. The van der Waals surface area contributed by atoms with Crippen LogP contribution in [0.1, 0.15) is 5.56 Å². The van der Waals surface area contributed by atoms with Crippen LogP contribution in [0, 0.1) is 5.92 Å². The molecular weight excluding hydrogens is 377 g/mol. The largest absolute Gasteiger partial charge is 0.495 e. The summed E-state index contributed by atoms with van der Waals surface area (Å²) in [6, 6.07) is 10.9. The van der Waals surface area contributed by atoms with E-state index < -0.39 is 29.5 Å². The predicted molar refractivity (Wildman–Crippen MR) is 94.6 cm³/mol. The molecule has 1 saturated heterocycles. The first-order valence-corrected chi connectivity index (χ1v) is 8.15. The maximum Gasteiger partial charge on any atom is 0.416 e. The summed E-state index contributed by atoms with van der Waals surface area (Å²) >= 11 is 0. The van der Waals surface area contributed by atoms with Gasteiger partial charge in [-0.3, -0.25) is 14.6 Å². The number of amides is 1. The minimum Gasteiger partial charge on any atom is -0.495 e. The van der Waals surface area contributed by atoms with Crippen LogP contribution in [0.25, 0.3) is 0 Å². The molecule has 1 unspecified atom stereocenters. The highest BCUT2D eigenvalue weighted by atomic mass is 19.4. The van der Waals surface area contributed by atoms with Crippen LogP contribution in [0.5, 0.6) is 5.75 Å². The number of nitrogens with zero attached hydrogens (tertiary/aromatic N) is 1. The molecule has 3 rings (SSSR count). The third-order valence-electron chi connectivity index (χ3n) is 4.00. The number of ether oxygens (including phenoxy) is 2. The van der Waals surface area contributed by atoms with Gasteiger partial charge in [-0.1, -0.05) is 18.2 Å². The van der Waals surface area contributed by atoms with Gasteiger partial charge in [0.1, 0.15) is 12.4 Å². The molecule has 1 aliphatic rings. The normalized spacial score (nSPS) is 18.1. The fourth-order valence-electron chi connectivity index (χ4n) is 2.67. The minimum atomic E-state index is -4.53. The molecule has 1 amide bonds.